The van der Waals surface area contributed by atoms with Crippen molar-refractivity contribution < 1.29 is 18.0 Å². The first-order valence-electron chi connectivity index (χ1n) is 7.15. The van der Waals surface area contributed by atoms with Crippen molar-refractivity contribution in [2.75, 3.05) is 17.2 Å². The van der Waals surface area contributed by atoms with Gasteiger partial charge in [-0.25, -0.2) is 13.2 Å². The van der Waals surface area contributed by atoms with Crippen LogP contribution >= 0.6 is 11.8 Å². The van der Waals surface area contributed by atoms with Crippen molar-refractivity contribution in [3.63, 3.8) is 0 Å². The van der Waals surface area contributed by atoms with Gasteiger partial charge in [-0.3, -0.25) is 4.79 Å². The maximum Gasteiger partial charge on any atom is 0.227 e. The van der Waals surface area contributed by atoms with Gasteiger partial charge in [0.1, 0.15) is 5.82 Å². The predicted octanol–water partition coefficient (Wildman–Crippen LogP) is 4.64. The highest BCUT2D eigenvalue weighted by molar-refractivity contribution is 7.99. The Morgan fingerprint density at radius 1 is 1.04 bits per heavy atom. The Morgan fingerprint density at radius 2 is 1.78 bits per heavy atom. The third kappa shape index (κ3) is 4.51. The highest BCUT2D eigenvalue weighted by atomic mass is 32.2. The SMILES string of the molecule is CCN(C(=O)CCSc1ccccc1F)c1ccc(F)c(F)c1. The van der Waals surface area contributed by atoms with Crippen LogP contribution in [-0.2, 0) is 4.79 Å². The van der Waals surface area contributed by atoms with Gasteiger partial charge in [0.25, 0.3) is 0 Å². The Balaban J connectivity index is 1.97. The van der Waals surface area contributed by atoms with E-state index in [0.29, 0.717) is 22.9 Å². The molecule has 0 bridgehead atoms. The third-order valence-corrected chi connectivity index (χ3v) is 4.29. The van der Waals surface area contributed by atoms with E-state index in [-0.39, 0.29) is 18.1 Å². The number of rotatable bonds is 6. The Bertz CT molecular complexity index is 693. The maximum atomic E-state index is 13.5. The van der Waals surface area contributed by atoms with E-state index in [4.69, 9.17) is 0 Å². The van der Waals surface area contributed by atoms with Crippen LogP contribution < -0.4 is 4.90 Å². The minimum absolute atomic E-state index is 0.172. The topological polar surface area (TPSA) is 20.3 Å². The average Bonchev–Trinajstić information content (AvgIpc) is 2.53. The summed E-state index contributed by atoms with van der Waals surface area (Å²) >= 11 is 1.25. The molecule has 0 unspecified atom stereocenters. The molecule has 122 valence electrons. The van der Waals surface area contributed by atoms with Crippen molar-refractivity contribution in [3.8, 4) is 0 Å². The molecular formula is C17H16F3NOS. The fourth-order valence-electron chi connectivity index (χ4n) is 2.10. The molecule has 6 heteroatoms. The summed E-state index contributed by atoms with van der Waals surface area (Å²) in [5, 5.41) is 0. The van der Waals surface area contributed by atoms with Crippen molar-refractivity contribution in [2.24, 2.45) is 0 Å². The van der Waals surface area contributed by atoms with Crippen molar-refractivity contribution >= 4 is 23.4 Å². The Labute approximate surface area is 137 Å². The number of carbonyl (C=O) groups excluding carboxylic acids is 1. The van der Waals surface area contributed by atoms with Crippen molar-refractivity contribution in [1.82, 2.24) is 0 Å². The summed E-state index contributed by atoms with van der Waals surface area (Å²) in [4.78, 5) is 14.1. The van der Waals surface area contributed by atoms with Crippen molar-refractivity contribution in [3.05, 3.63) is 59.9 Å². The number of hydrogen-bond acceptors (Lipinski definition) is 2. The summed E-state index contributed by atoms with van der Waals surface area (Å²) < 4.78 is 39.8. The molecular weight excluding hydrogens is 323 g/mol. The van der Waals surface area contributed by atoms with Gasteiger partial charge in [-0.1, -0.05) is 12.1 Å². The van der Waals surface area contributed by atoms with Crippen LogP contribution in [0.3, 0.4) is 0 Å². The summed E-state index contributed by atoms with van der Waals surface area (Å²) in [6.45, 7) is 2.09. The Hall–Kier alpha value is -1.95. The molecule has 23 heavy (non-hydrogen) atoms. The molecule has 0 aliphatic rings. The standard InChI is InChI=1S/C17H16F3NOS/c1-2-21(12-7-8-13(18)15(20)11-12)17(22)9-10-23-16-6-4-3-5-14(16)19/h3-8,11H,2,9-10H2,1H3. The van der Waals surface area contributed by atoms with Crippen molar-refractivity contribution in [1.29, 1.82) is 0 Å². The quantitative estimate of drug-likeness (QED) is 0.715. The molecule has 1 amide bonds. The van der Waals surface area contributed by atoms with Gasteiger partial charge in [0, 0.05) is 35.4 Å². The predicted molar refractivity (Wildman–Crippen MR) is 86.1 cm³/mol. The Morgan fingerprint density at radius 3 is 2.43 bits per heavy atom. The summed E-state index contributed by atoms with van der Waals surface area (Å²) in [5.74, 6) is -2.08. The van der Waals surface area contributed by atoms with Crippen LogP contribution in [0.2, 0.25) is 0 Å². The van der Waals surface area contributed by atoms with Gasteiger partial charge in [-0.15, -0.1) is 11.8 Å². The van der Waals surface area contributed by atoms with E-state index in [2.05, 4.69) is 0 Å². The zero-order valence-electron chi connectivity index (χ0n) is 12.6. The number of amides is 1. The molecule has 0 aliphatic heterocycles. The monoisotopic (exact) mass is 339 g/mol. The lowest BCUT2D eigenvalue weighted by atomic mass is 10.2. The van der Waals surface area contributed by atoms with Gasteiger partial charge in [-0.2, -0.15) is 0 Å². The van der Waals surface area contributed by atoms with E-state index in [1.54, 1.807) is 25.1 Å². The highest BCUT2D eigenvalue weighted by Crippen LogP contribution is 2.23. The molecule has 0 N–H and O–H groups in total. The normalized spacial score (nSPS) is 10.6. The van der Waals surface area contributed by atoms with Crippen LogP contribution in [0.4, 0.5) is 18.9 Å². The summed E-state index contributed by atoms with van der Waals surface area (Å²) in [5.41, 5.74) is 0.312. The van der Waals surface area contributed by atoms with E-state index < -0.39 is 11.6 Å². The number of nitrogens with zero attached hydrogens (tertiary/aromatic N) is 1. The van der Waals surface area contributed by atoms with Crippen LogP contribution in [0, 0.1) is 17.5 Å². The number of thioether (sulfide) groups is 1. The van der Waals surface area contributed by atoms with E-state index in [1.807, 2.05) is 0 Å². The fraction of sp³-hybridized carbons (Fsp3) is 0.235. The van der Waals surface area contributed by atoms with E-state index in [0.717, 1.165) is 12.1 Å². The molecule has 2 rings (SSSR count). The van der Waals surface area contributed by atoms with E-state index in [9.17, 15) is 18.0 Å². The number of hydrogen-bond donors (Lipinski definition) is 0. The third-order valence-electron chi connectivity index (χ3n) is 3.24. The molecule has 2 nitrogen and oxygen atoms in total. The summed E-state index contributed by atoms with van der Waals surface area (Å²) in [6.07, 6.45) is 0.172. The van der Waals surface area contributed by atoms with Crippen LogP contribution in [0.1, 0.15) is 13.3 Å². The van der Waals surface area contributed by atoms with Gasteiger partial charge in [0.15, 0.2) is 11.6 Å². The Kier molecular flexibility index (Phi) is 6.10. The summed E-state index contributed by atoms with van der Waals surface area (Å²) in [6, 6.07) is 9.71. The van der Waals surface area contributed by atoms with Crippen LogP contribution in [0.25, 0.3) is 0 Å². The van der Waals surface area contributed by atoms with E-state index in [1.165, 1.54) is 28.8 Å². The first-order valence-corrected chi connectivity index (χ1v) is 8.14. The minimum atomic E-state index is -0.991. The smallest absolute Gasteiger partial charge is 0.227 e. The molecule has 0 radical (unpaired) electrons. The molecule has 2 aromatic rings. The minimum Gasteiger partial charge on any atom is -0.313 e. The number of carbonyl (C=O) groups is 1. The number of anilines is 1. The second-order valence-electron chi connectivity index (χ2n) is 4.77. The first-order chi connectivity index (χ1) is 11.0. The van der Waals surface area contributed by atoms with Crippen LogP contribution in [-0.4, -0.2) is 18.2 Å². The molecule has 0 heterocycles. The lowest BCUT2D eigenvalue weighted by Crippen LogP contribution is -2.31. The van der Waals surface area contributed by atoms with Crippen molar-refractivity contribution in [2.45, 2.75) is 18.2 Å². The summed E-state index contributed by atoms with van der Waals surface area (Å²) in [7, 11) is 0. The van der Waals surface area contributed by atoms with Gasteiger partial charge >= 0.3 is 0 Å². The first kappa shape index (κ1) is 17.4. The van der Waals surface area contributed by atoms with Crippen LogP contribution in [0.15, 0.2) is 47.4 Å². The zero-order chi connectivity index (χ0) is 16.8. The van der Waals surface area contributed by atoms with Gasteiger partial charge in [-0.05, 0) is 31.2 Å². The molecule has 0 atom stereocenters. The molecule has 0 saturated heterocycles. The molecule has 0 aromatic heterocycles. The second kappa shape index (κ2) is 8.06. The van der Waals surface area contributed by atoms with Gasteiger partial charge in [0.2, 0.25) is 5.91 Å². The van der Waals surface area contributed by atoms with Gasteiger partial charge in [0.05, 0.1) is 0 Å². The lowest BCUT2D eigenvalue weighted by Gasteiger charge is -2.21. The van der Waals surface area contributed by atoms with Crippen LogP contribution in [0.5, 0.6) is 0 Å². The molecule has 2 aromatic carbocycles. The molecule has 0 saturated carbocycles. The fourth-order valence-corrected chi connectivity index (χ4v) is 2.98. The number of benzene rings is 2. The second-order valence-corrected chi connectivity index (χ2v) is 5.90. The molecule has 0 aliphatic carbocycles. The lowest BCUT2D eigenvalue weighted by molar-refractivity contribution is -0.118. The zero-order valence-corrected chi connectivity index (χ0v) is 13.4. The van der Waals surface area contributed by atoms with Gasteiger partial charge < -0.3 is 4.90 Å². The average molecular weight is 339 g/mol. The molecule has 0 fully saturated rings. The maximum absolute atomic E-state index is 13.5. The van der Waals surface area contributed by atoms with E-state index >= 15 is 0 Å². The number of halogens is 3. The molecule has 0 spiro atoms. The highest BCUT2D eigenvalue weighted by Gasteiger charge is 2.16. The largest absolute Gasteiger partial charge is 0.313 e.